The molecule has 148 valence electrons. The summed E-state index contributed by atoms with van der Waals surface area (Å²) in [5.74, 6) is -0.106. The number of hydrogen-bond donors (Lipinski definition) is 1. The van der Waals surface area contributed by atoms with Crippen LogP contribution in [0.15, 0.2) is 54.6 Å². The maximum Gasteiger partial charge on any atom is 0.337 e. The van der Waals surface area contributed by atoms with Crippen molar-refractivity contribution in [2.24, 2.45) is 0 Å². The van der Waals surface area contributed by atoms with Gasteiger partial charge in [-0.3, -0.25) is 9.89 Å². The maximum absolute atomic E-state index is 12.7. The first kappa shape index (κ1) is 18.7. The molecule has 1 aromatic heterocycles. The molecule has 0 saturated heterocycles. The number of aromatic nitrogens is 2. The highest BCUT2D eigenvalue weighted by Gasteiger charge is 2.26. The van der Waals surface area contributed by atoms with Crippen LogP contribution in [-0.4, -0.2) is 47.2 Å². The fourth-order valence-corrected chi connectivity index (χ4v) is 3.41. The van der Waals surface area contributed by atoms with Gasteiger partial charge in [-0.2, -0.15) is 5.10 Å². The van der Waals surface area contributed by atoms with Gasteiger partial charge in [0.1, 0.15) is 5.75 Å². The lowest BCUT2D eigenvalue weighted by molar-refractivity contribution is -0.134. The average molecular weight is 391 g/mol. The minimum Gasteiger partial charge on any atom is -0.484 e. The predicted molar refractivity (Wildman–Crippen MR) is 106 cm³/mol. The Bertz CT molecular complexity index is 1030. The summed E-state index contributed by atoms with van der Waals surface area (Å²) in [6.07, 6.45) is 0.721. The molecule has 0 fully saturated rings. The lowest BCUT2D eigenvalue weighted by atomic mass is 10.0. The van der Waals surface area contributed by atoms with Gasteiger partial charge in [0.05, 0.1) is 18.4 Å². The number of hydrogen-bond acceptors (Lipinski definition) is 5. The molecule has 0 atom stereocenters. The second-order valence-electron chi connectivity index (χ2n) is 6.77. The fourth-order valence-electron chi connectivity index (χ4n) is 3.41. The zero-order valence-electron chi connectivity index (χ0n) is 16.1. The Morgan fingerprint density at radius 1 is 1.14 bits per heavy atom. The van der Waals surface area contributed by atoms with E-state index >= 15 is 0 Å². The van der Waals surface area contributed by atoms with Gasteiger partial charge in [-0.15, -0.1) is 0 Å². The lowest BCUT2D eigenvalue weighted by Crippen LogP contribution is -2.38. The van der Waals surface area contributed by atoms with Gasteiger partial charge in [-0.25, -0.2) is 4.79 Å². The molecule has 7 nitrogen and oxygen atoms in total. The van der Waals surface area contributed by atoms with E-state index in [1.54, 1.807) is 29.2 Å². The van der Waals surface area contributed by atoms with Crippen molar-refractivity contribution in [3.63, 3.8) is 0 Å². The molecule has 2 aromatic carbocycles. The van der Waals surface area contributed by atoms with Gasteiger partial charge in [-0.05, 0) is 18.2 Å². The van der Waals surface area contributed by atoms with E-state index in [4.69, 9.17) is 9.47 Å². The van der Waals surface area contributed by atoms with Crippen molar-refractivity contribution >= 4 is 11.9 Å². The monoisotopic (exact) mass is 391 g/mol. The molecular weight excluding hydrogens is 370 g/mol. The predicted octanol–water partition coefficient (Wildman–Crippen LogP) is 2.83. The molecule has 0 aliphatic carbocycles. The Morgan fingerprint density at radius 3 is 2.76 bits per heavy atom. The molecule has 2 heterocycles. The Morgan fingerprint density at radius 2 is 1.97 bits per heavy atom. The van der Waals surface area contributed by atoms with Crippen molar-refractivity contribution < 1.29 is 19.1 Å². The minimum absolute atomic E-state index is 0.0987. The third-order valence-corrected chi connectivity index (χ3v) is 4.95. The SMILES string of the molecule is COC(=O)c1cccc(OCC(=O)N2CCc3[nH]nc(-c4ccccc4)c3C2)c1. The van der Waals surface area contributed by atoms with Crippen LogP contribution < -0.4 is 4.74 Å². The van der Waals surface area contributed by atoms with E-state index in [9.17, 15) is 9.59 Å². The van der Waals surface area contributed by atoms with Crippen LogP contribution in [0.5, 0.6) is 5.75 Å². The number of esters is 1. The highest BCUT2D eigenvalue weighted by molar-refractivity contribution is 5.89. The van der Waals surface area contributed by atoms with Gasteiger partial charge in [0.15, 0.2) is 6.61 Å². The number of fused-ring (bicyclic) bond motifs is 1. The van der Waals surface area contributed by atoms with Crippen LogP contribution in [0.2, 0.25) is 0 Å². The van der Waals surface area contributed by atoms with Gasteiger partial charge in [0.2, 0.25) is 0 Å². The summed E-state index contributed by atoms with van der Waals surface area (Å²) < 4.78 is 10.3. The molecule has 3 aromatic rings. The number of methoxy groups -OCH3 is 1. The molecule has 0 spiro atoms. The number of nitrogens with one attached hydrogen (secondary N) is 1. The van der Waals surface area contributed by atoms with Crippen LogP contribution in [0.1, 0.15) is 21.6 Å². The molecule has 4 rings (SSSR count). The zero-order valence-corrected chi connectivity index (χ0v) is 16.1. The normalized spacial score (nSPS) is 12.9. The molecular formula is C22H21N3O4. The summed E-state index contributed by atoms with van der Waals surface area (Å²) in [7, 11) is 1.32. The number of ether oxygens (including phenoxy) is 2. The van der Waals surface area contributed by atoms with Crippen molar-refractivity contribution in [3.05, 3.63) is 71.4 Å². The molecule has 29 heavy (non-hydrogen) atoms. The molecule has 1 N–H and O–H groups in total. The summed E-state index contributed by atoms with van der Waals surface area (Å²) in [5, 5.41) is 7.55. The van der Waals surface area contributed by atoms with Crippen molar-refractivity contribution in [1.82, 2.24) is 15.1 Å². The molecule has 1 aliphatic rings. The molecule has 1 aliphatic heterocycles. The smallest absolute Gasteiger partial charge is 0.337 e. The third-order valence-electron chi connectivity index (χ3n) is 4.95. The van der Waals surface area contributed by atoms with Crippen molar-refractivity contribution in [2.45, 2.75) is 13.0 Å². The van der Waals surface area contributed by atoms with Crippen LogP contribution in [0, 0.1) is 0 Å². The van der Waals surface area contributed by atoms with Gasteiger partial charge in [-0.1, -0.05) is 36.4 Å². The maximum atomic E-state index is 12.7. The van der Waals surface area contributed by atoms with Gasteiger partial charge in [0, 0.05) is 36.3 Å². The first-order chi connectivity index (χ1) is 14.2. The molecule has 1 amide bonds. The fraction of sp³-hybridized carbons (Fsp3) is 0.227. The number of carbonyl (C=O) groups is 2. The molecule has 7 heteroatoms. The van der Waals surface area contributed by atoms with Crippen LogP contribution in [0.3, 0.4) is 0 Å². The quantitative estimate of drug-likeness (QED) is 0.676. The van der Waals surface area contributed by atoms with Crippen molar-refractivity contribution in [2.75, 3.05) is 20.3 Å². The number of carbonyl (C=O) groups excluding carboxylic acids is 2. The average Bonchev–Trinajstić information content (AvgIpc) is 3.21. The highest BCUT2D eigenvalue weighted by Crippen LogP contribution is 2.28. The number of rotatable bonds is 5. The Kier molecular flexibility index (Phi) is 5.29. The van der Waals surface area contributed by atoms with Crippen molar-refractivity contribution in [1.29, 1.82) is 0 Å². The summed E-state index contributed by atoms with van der Waals surface area (Å²) in [4.78, 5) is 26.1. The van der Waals surface area contributed by atoms with Crippen LogP contribution in [0.25, 0.3) is 11.3 Å². The second kappa shape index (κ2) is 8.18. The van der Waals surface area contributed by atoms with Gasteiger partial charge >= 0.3 is 5.97 Å². The minimum atomic E-state index is -0.446. The Hall–Kier alpha value is -3.61. The third kappa shape index (κ3) is 3.99. The standard InChI is InChI=1S/C22H21N3O4/c1-28-22(27)16-8-5-9-17(12-16)29-14-20(26)25-11-10-19-18(13-25)21(24-23-19)15-6-3-2-4-7-15/h2-9,12H,10-11,13-14H2,1H3,(H,23,24). The molecule has 0 saturated carbocycles. The molecule has 0 radical (unpaired) electrons. The zero-order chi connectivity index (χ0) is 20.2. The van der Waals surface area contributed by atoms with E-state index in [1.807, 2.05) is 30.3 Å². The number of amides is 1. The van der Waals surface area contributed by atoms with Gasteiger partial charge in [0.25, 0.3) is 5.91 Å². The van der Waals surface area contributed by atoms with Crippen LogP contribution >= 0.6 is 0 Å². The Balaban J connectivity index is 1.43. The summed E-state index contributed by atoms with van der Waals surface area (Å²) in [5.41, 5.74) is 4.40. The topological polar surface area (TPSA) is 84.5 Å². The lowest BCUT2D eigenvalue weighted by Gasteiger charge is -2.27. The second-order valence-corrected chi connectivity index (χ2v) is 6.77. The number of nitrogens with zero attached hydrogens (tertiary/aromatic N) is 2. The molecule has 0 bridgehead atoms. The van der Waals surface area contributed by atoms with E-state index in [2.05, 4.69) is 10.2 Å². The number of H-pyrrole nitrogens is 1. The first-order valence-corrected chi connectivity index (χ1v) is 9.36. The number of benzene rings is 2. The number of aromatic amines is 1. The largest absolute Gasteiger partial charge is 0.484 e. The van der Waals surface area contributed by atoms with E-state index in [0.29, 0.717) is 24.4 Å². The summed E-state index contributed by atoms with van der Waals surface area (Å²) in [6, 6.07) is 16.5. The van der Waals surface area contributed by atoms with Gasteiger partial charge < -0.3 is 14.4 Å². The van der Waals surface area contributed by atoms with Crippen LogP contribution in [0.4, 0.5) is 0 Å². The summed E-state index contributed by atoms with van der Waals surface area (Å²) in [6.45, 7) is 0.993. The summed E-state index contributed by atoms with van der Waals surface area (Å²) >= 11 is 0. The Labute approximate surface area is 168 Å². The van der Waals surface area contributed by atoms with E-state index < -0.39 is 5.97 Å². The molecule has 0 unspecified atom stereocenters. The first-order valence-electron chi connectivity index (χ1n) is 9.36. The van der Waals surface area contributed by atoms with Crippen molar-refractivity contribution in [3.8, 4) is 17.0 Å². The van der Waals surface area contributed by atoms with E-state index in [1.165, 1.54) is 7.11 Å². The van der Waals surface area contributed by atoms with Crippen LogP contribution in [-0.2, 0) is 22.5 Å². The van der Waals surface area contributed by atoms with E-state index in [-0.39, 0.29) is 12.5 Å². The van der Waals surface area contributed by atoms with E-state index in [0.717, 1.165) is 28.9 Å². The highest BCUT2D eigenvalue weighted by atomic mass is 16.5.